The fourth-order valence-electron chi connectivity index (χ4n) is 2.16. The van der Waals surface area contributed by atoms with Gasteiger partial charge in [-0.2, -0.15) is 0 Å². The third-order valence-electron chi connectivity index (χ3n) is 3.23. The molecule has 1 heterocycles. The van der Waals surface area contributed by atoms with Gasteiger partial charge in [-0.1, -0.05) is 35.3 Å². The highest BCUT2D eigenvalue weighted by molar-refractivity contribution is 6.33. The summed E-state index contributed by atoms with van der Waals surface area (Å²) >= 11 is 11.7. The van der Waals surface area contributed by atoms with Crippen LogP contribution in [0.4, 0.5) is 10.5 Å². The number of hydrogen-bond donors (Lipinski definition) is 2. The van der Waals surface area contributed by atoms with Gasteiger partial charge in [-0.15, -0.1) is 0 Å². The summed E-state index contributed by atoms with van der Waals surface area (Å²) in [5.74, 6) is -0.558. The quantitative estimate of drug-likeness (QED) is 0.640. The van der Waals surface area contributed by atoms with E-state index in [-0.39, 0.29) is 16.5 Å². The second-order valence-corrected chi connectivity index (χ2v) is 5.66. The van der Waals surface area contributed by atoms with E-state index in [2.05, 4.69) is 5.32 Å². The van der Waals surface area contributed by atoms with E-state index >= 15 is 0 Å². The van der Waals surface area contributed by atoms with Gasteiger partial charge in [0.15, 0.2) is 0 Å². The molecular formula is C16H10Cl2N2O3. The normalized spacial score (nSPS) is 16.1. The Hall–Kier alpha value is -2.50. The van der Waals surface area contributed by atoms with Crippen molar-refractivity contribution in [3.8, 4) is 5.75 Å². The highest BCUT2D eigenvalue weighted by Crippen LogP contribution is 2.27. The van der Waals surface area contributed by atoms with Gasteiger partial charge >= 0.3 is 6.03 Å². The Morgan fingerprint density at radius 1 is 1.09 bits per heavy atom. The molecule has 3 rings (SSSR count). The van der Waals surface area contributed by atoms with Crippen molar-refractivity contribution in [1.29, 1.82) is 0 Å². The van der Waals surface area contributed by atoms with E-state index in [0.29, 0.717) is 16.3 Å². The maximum absolute atomic E-state index is 12.4. The van der Waals surface area contributed by atoms with E-state index in [1.807, 2.05) is 0 Å². The van der Waals surface area contributed by atoms with Crippen LogP contribution in [0, 0.1) is 0 Å². The van der Waals surface area contributed by atoms with Crippen LogP contribution in [0.15, 0.2) is 48.2 Å². The first kappa shape index (κ1) is 15.4. The summed E-state index contributed by atoms with van der Waals surface area (Å²) in [6.45, 7) is 0. The van der Waals surface area contributed by atoms with Gasteiger partial charge in [-0.3, -0.25) is 4.79 Å². The predicted molar refractivity (Wildman–Crippen MR) is 88.6 cm³/mol. The van der Waals surface area contributed by atoms with Crippen LogP contribution in [0.3, 0.4) is 0 Å². The molecule has 0 aliphatic carbocycles. The van der Waals surface area contributed by atoms with Crippen molar-refractivity contribution < 1.29 is 14.7 Å². The van der Waals surface area contributed by atoms with Gasteiger partial charge in [0, 0.05) is 5.02 Å². The number of nitrogens with one attached hydrogen (secondary N) is 1. The first-order valence-corrected chi connectivity index (χ1v) is 7.32. The summed E-state index contributed by atoms with van der Waals surface area (Å²) < 4.78 is 0. The third-order valence-corrected chi connectivity index (χ3v) is 3.77. The molecule has 2 N–H and O–H groups in total. The molecule has 23 heavy (non-hydrogen) atoms. The molecule has 2 aromatic rings. The van der Waals surface area contributed by atoms with Gasteiger partial charge in [-0.05, 0) is 42.0 Å². The lowest BCUT2D eigenvalue weighted by Gasteiger charge is -2.11. The first-order valence-electron chi connectivity index (χ1n) is 6.57. The summed E-state index contributed by atoms with van der Waals surface area (Å²) in [4.78, 5) is 25.5. The molecule has 1 aliphatic rings. The second-order valence-electron chi connectivity index (χ2n) is 4.82. The fraction of sp³-hybridized carbons (Fsp3) is 0. The summed E-state index contributed by atoms with van der Waals surface area (Å²) in [5.41, 5.74) is 1.06. The summed E-state index contributed by atoms with van der Waals surface area (Å²) in [6.07, 6.45) is 1.48. The van der Waals surface area contributed by atoms with E-state index < -0.39 is 11.9 Å². The molecule has 0 atom stereocenters. The molecule has 0 unspecified atom stereocenters. The minimum absolute atomic E-state index is 0.0591. The average molecular weight is 349 g/mol. The smallest absolute Gasteiger partial charge is 0.333 e. The molecule has 1 aliphatic heterocycles. The zero-order valence-corrected chi connectivity index (χ0v) is 13.1. The monoisotopic (exact) mass is 348 g/mol. The van der Waals surface area contributed by atoms with Crippen LogP contribution in [0.1, 0.15) is 5.56 Å². The van der Waals surface area contributed by atoms with Gasteiger partial charge in [0.05, 0.1) is 10.7 Å². The lowest BCUT2D eigenvalue weighted by Crippen LogP contribution is -2.30. The minimum atomic E-state index is -0.562. The zero-order chi connectivity index (χ0) is 16.6. The average Bonchev–Trinajstić information content (AvgIpc) is 2.77. The lowest BCUT2D eigenvalue weighted by atomic mass is 10.2. The molecule has 0 saturated carbocycles. The molecule has 3 amide bonds. The molecule has 0 spiro atoms. The predicted octanol–water partition coefficient (Wildman–Crippen LogP) is 3.80. The van der Waals surface area contributed by atoms with E-state index in [1.165, 1.54) is 24.3 Å². The number of phenolic OH excluding ortho intramolecular Hbond substituents is 1. The Bertz CT molecular complexity index is 849. The maximum atomic E-state index is 12.4. The number of carbonyl (C=O) groups is 2. The summed E-state index contributed by atoms with van der Waals surface area (Å²) in [5, 5.41) is 12.5. The lowest BCUT2D eigenvalue weighted by molar-refractivity contribution is -0.113. The van der Waals surface area contributed by atoms with Crippen LogP contribution in [0.2, 0.25) is 10.0 Å². The van der Waals surface area contributed by atoms with Crippen molar-refractivity contribution in [3.63, 3.8) is 0 Å². The number of halogens is 2. The van der Waals surface area contributed by atoms with Crippen molar-refractivity contribution in [3.05, 3.63) is 63.8 Å². The SMILES string of the molecule is O=C1N/C(=C\c2ccc(O)c(Cl)c2)C(=O)N1c1cccc(Cl)c1. The highest BCUT2D eigenvalue weighted by atomic mass is 35.5. The Morgan fingerprint density at radius 2 is 1.87 bits per heavy atom. The number of carbonyl (C=O) groups excluding carboxylic acids is 2. The highest BCUT2D eigenvalue weighted by Gasteiger charge is 2.34. The van der Waals surface area contributed by atoms with Crippen LogP contribution in [-0.4, -0.2) is 17.0 Å². The number of amides is 3. The topological polar surface area (TPSA) is 69.6 Å². The second kappa shape index (κ2) is 5.95. The van der Waals surface area contributed by atoms with Gasteiger partial charge in [0.2, 0.25) is 0 Å². The number of benzene rings is 2. The van der Waals surface area contributed by atoms with Crippen LogP contribution in [-0.2, 0) is 4.79 Å². The largest absolute Gasteiger partial charge is 0.506 e. The Morgan fingerprint density at radius 3 is 2.57 bits per heavy atom. The third kappa shape index (κ3) is 3.02. The number of imide groups is 1. The van der Waals surface area contributed by atoms with E-state index in [4.69, 9.17) is 23.2 Å². The van der Waals surface area contributed by atoms with Crippen LogP contribution >= 0.6 is 23.2 Å². The van der Waals surface area contributed by atoms with Crippen molar-refractivity contribution in [1.82, 2.24) is 5.32 Å². The molecule has 5 nitrogen and oxygen atoms in total. The van der Waals surface area contributed by atoms with Crippen molar-refractivity contribution >= 4 is 46.9 Å². The molecular weight excluding hydrogens is 339 g/mol. The molecule has 116 valence electrons. The number of aromatic hydroxyl groups is 1. The molecule has 1 saturated heterocycles. The zero-order valence-electron chi connectivity index (χ0n) is 11.6. The summed E-state index contributed by atoms with van der Waals surface area (Å²) in [7, 11) is 0. The van der Waals surface area contributed by atoms with Gasteiger partial charge < -0.3 is 10.4 Å². The molecule has 7 heteroatoms. The minimum Gasteiger partial charge on any atom is -0.506 e. The molecule has 1 fully saturated rings. The first-order chi connectivity index (χ1) is 11.0. The van der Waals surface area contributed by atoms with Crippen LogP contribution < -0.4 is 10.2 Å². The number of urea groups is 1. The van der Waals surface area contributed by atoms with Crippen LogP contribution in [0.25, 0.3) is 6.08 Å². The van der Waals surface area contributed by atoms with Crippen molar-refractivity contribution in [2.75, 3.05) is 4.90 Å². The maximum Gasteiger partial charge on any atom is 0.333 e. The number of hydrogen-bond acceptors (Lipinski definition) is 3. The van der Waals surface area contributed by atoms with Gasteiger partial charge in [-0.25, -0.2) is 9.69 Å². The Balaban J connectivity index is 1.94. The van der Waals surface area contributed by atoms with Crippen molar-refractivity contribution in [2.24, 2.45) is 0 Å². The number of phenols is 1. The van der Waals surface area contributed by atoms with E-state index in [9.17, 15) is 14.7 Å². The van der Waals surface area contributed by atoms with Gasteiger partial charge in [0.25, 0.3) is 5.91 Å². The fourth-order valence-corrected chi connectivity index (χ4v) is 2.54. The number of nitrogens with zero attached hydrogens (tertiary/aromatic N) is 1. The molecule has 0 bridgehead atoms. The van der Waals surface area contributed by atoms with Crippen molar-refractivity contribution in [2.45, 2.75) is 0 Å². The standard InChI is InChI=1S/C16H10Cl2N2O3/c17-10-2-1-3-11(8-10)20-15(22)13(19-16(20)23)7-9-4-5-14(21)12(18)6-9/h1-8,21H,(H,19,23)/b13-7-. The molecule has 0 aromatic heterocycles. The van der Waals surface area contributed by atoms with Crippen LogP contribution in [0.5, 0.6) is 5.75 Å². The van der Waals surface area contributed by atoms with E-state index in [1.54, 1.807) is 24.3 Å². The van der Waals surface area contributed by atoms with E-state index in [0.717, 1.165) is 4.90 Å². The molecule has 0 radical (unpaired) electrons. The number of rotatable bonds is 2. The number of anilines is 1. The van der Waals surface area contributed by atoms with Gasteiger partial charge in [0.1, 0.15) is 11.4 Å². The Kier molecular flexibility index (Phi) is 3.98. The Labute approximate surface area is 141 Å². The summed E-state index contributed by atoms with van der Waals surface area (Å²) in [6, 6.07) is 10.4. The molecule has 2 aromatic carbocycles.